The number of carbonyl (C=O) groups excluding carboxylic acids is 1. The molecule has 1 saturated heterocycles. The number of para-hydroxylation sites is 1. The van der Waals surface area contributed by atoms with Crippen molar-refractivity contribution < 1.29 is 33.5 Å². The minimum absolute atomic E-state index is 0.356. The van der Waals surface area contributed by atoms with E-state index in [0.29, 0.717) is 17.9 Å². The molecule has 40 heavy (non-hydrogen) atoms. The molecule has 1 fully saturated rings. The maximum Gasteiger partial charge on any atom is 0.330 e. The van der Waals surface area contributed by atoms with E-state index < -0.39 is 53.9 Å². The summed E-state index contributed by atoms with van der Waals surface area (Å²) in [6, 6.07) is 8.78. The van der Waals surface area contributed by atoms with Gasteiger partial charge in [0.2, 0.25) is 5.72 Å². The number of nitrogens with one attached hydrogen (secondary N) is 2. The van der Waals surface area contributed by atoms with Crippen LogP contribution in [0.5, 0.6) is 5.75 Å². The van der Waals surface area contributed by atoms with Gasteiger partial charge in [-0.05, 0) is 56.2 Å². The molecule has 2 aromatic rings. The minimum atomic E-state index is -3.49. The zero-order valence-electron chi connectivity index (χ0n) is 22.1. The van der Waals surface area contributed by atoms with Gasteiger partial charge in [-0.25, -0.2) is 9.88 Å². The lowest BCUT2D eigenvalue weighted by molar-refractivity contribution is -0.361. The molecule has 0 aliphatic carbocycles. The Morgan fingerprint density at radius 2 is 2.05 bits per heavy atom. The first-order chi connectivity index (χ1) is 19.0. The van der Waals surface area contributed by atoms with Crippen molar-refractivity contribution in [3.8, 4) is 18.1 Å². The maximum absolute atomic E-state index is 12.9. The molecule has 0 radical (unpaired) electrons. The molecule has 4 N–H and O–H groups in total. The third-order valence-electron chi connectivity index (χ3n) is 5.80. The summed E-state index contributed by atoms with van der Waals surface area (Å²) in [6.07, 6.45) is 3.94. The summed E-state index contributed by atoms with van der Waals surface area (Å²) in [5.41, 5.74) is -3.71. The van der Waals surface area contributed by atoms with E-state index in [4.69, 9.17) is 36.8 Å². The quantitative estimate of drug-likeness (QED) is 0.136. The van der Waals surface area contributed by atoms with E-state index >= 15 is 0 Å². The number of hydrogen-bond acceptors (Lipinski definition) is 11. The number of benzene rings is 1. The zero-order valence-corrected chi connectivity index (χ0v) is 24.6. The lowest BCUT2D eigenvalue weighted by Gasteiger charge is -2.53. The number of rotatable bonds is 14. The van der Waals surface area contributed by atoms with Crippen molar-refractivity contribution in [1.29, 1.82) is 0 Å². The van der Waals surface area contributed by atoms with Crippen LogP contribution in [0.4, 0.5) is 0 Å². The largest absolute Gasteiger partial charge is 0.462 e. The van der Waals surface area contributed by atoms with Crippen molar-refractivity contribution in [2.24, 2.45) is 0 Å². The molecule has 1 unspecified atom stereocenters. The highest BCUT2D eigenvalue weighted by molar-refractivity contribution is 8.09. The number of H-pyrrole nitrogens is 1. The molecule has 3 rings (SSSR count). The van der Waals surface area contributed by atoms with Crippen molar-refractivity contribution >= 4 is 36.2 Å². The summed E-state index contributed by atoms with van der Waals surface area (Å²) in [5, 5.41) is 24.6. The van der Waals surface area contributed by atoms with Gasteiger partial charge < -0.3 is 28.7 Å². The van der Waals surface area contributed by atoms with E-state index in [1.54, 1.807) is 44.2 Å². The molecule has 1 aliphatic rings. The van der Waals surface area contributed by atoms with E-state index in [0.717, 1.165) is 16.8 Å². The van der Waals surface area contributed by atoms with E-state index in [2.05, 4.69) is 11.0 Å². The number of terminal acetylenes is 1. The molecule has 0 amide bonds. The van der Waals surface area contributed by atoms with Crippen molar-refractivity contribution in [3.05, 3.63) is 63.4 Å². The zero-order chi connectivity index (χ0) is 29.5. The van der Waals surface area contributed by atoms with Gasteiger partial charge in [0.15, 0.2) is 6.10 Å². The number of carbonyl (C=O) groups is 1. The Balaban J connectivity index is 1.85. The fourth-order valence-electron chi connectivity index (χ4n) is 3.92. The van der Waals surface area contributed by atoms with Crippen LogP contribution in [0.3, 0.4) is 0 Å². The monoisotopic (exact) mass is 613 g/mol. The van der Waals surface area contributed by atoms with Gasteiger partial charge in [0.1, 0.15) is 24.0 Å². The molecule has 12 nitrogen and oxygen atoms in total. The normalized spacial score (nSPS) is 23.3. The van der Waals surface area contributed by atoms with Crippen LogP contribution >= 0.6 is 18.4 Å². The lowest BCUT2D eigenvalue weighted by Crippen LogP contribution is -2.73. The van der Waals surface area contributed by atoms with Crippen LogP contribution in [-0.4, -0.2) is 74.8 Å². The van der Waals surface area contributed by atoms with Crippen LogP contribution in [0.2, 0.25) is 0 Å². The summed E-state index contributed by atoms with van der Waals surface area (Å²) in [6.45, 7) is -0.384. The maximum atomic E-state index is 12.9. The summed E-state index contributed by atoms with van der Waals surface area (Å²) in [5.74, 6) is 2.53. The number of thioether (sulfide) groups is 1. The third-order valence-corrected chi connectivity index (χ3v) is 8.87. The van der Waals surface area contributed by atoms with Crippen LogP contribution < -0.4 is 20.9 Å². The Bertz CT molecular complexity index is 1360. The summed E-state index contributed by atoms with van der Waals surface area (Å²) < 4.78 is 24.0. The lowest BCUT2D eigenvalue weighted by atomic mass is 9.88. The van der Waals surface area contributed by atoms with Gasteiger partial charge in [-0.15, -0.1) is 6.42 Å². The number of aromatic nitrogens is 2. The second kappa shape index (κ2) is 13.9. The van der Waals surface area contributed by atoms with Crippen molar-refractivity contribution in [1.82, 2.24) is 14.6 Å². The first-order valence-electron chi connectivity index (χ1n) is 12.2. The highest BCUT2D eigenvalue weighted by Crippen LogP contribution is 2.48. The number of esters is 1. The van der Waals surface area contributed by atoms with Crippen LogP contribution in [0.1, 0.15) is 20.3 Å². The van der Waals surface area contributed by atoms with Crippen LogP contribution in [0, 0.1) is 12.3 Å². The standard InChI is InChI=1S/C25H32N3O9PS2/c1-5-20(29)25(28-13-11-21(30)26-24(28)33)22(31)19(36-25)15-34-38(39,37-17-9-7-6-8-10-17)27-18(12-14-40-4)23(32)35-16(2)3/h1,6-11,13,16,18-20,22,29,31H,12,14-15H2,2-4H3,(H,27,39)(H,26,30,33)/t18-,19+,20-,22+,25+,38?/m0/s1. The van der Waals surface area contributed by atoms with Gasteiger partial charge in [-0.2, -0.15) is 11.8 Å². The van der Waals surface area contributed by atoms with Crippen molar-refractivity contribution in [2.75, 3.05) is 18.6 Å². The topological polar surface area (TPSA) is 161 Å². The van der Waals surface area contributed by atoms with Gasteiger partial charge in [0.25, 0.3) is 5.56 Å². The summed E-state index contributed by atoms with van der Waals surface area (Å²) >= 11 is 7.30. The number of aliphatic hydroxyl groups is 2. The molecule has 15 heteroatoms. The van der Waals surface area contributed by atoms with Gasteiger partial charge in [0.05, 0.1) is 12.7 Å². The number of ether oxygens (including phenoxy) is 2. The predicted octanol–water partition coefficient (Wildman–Crippen LogP) is 0.926. The average Bonchev–Trinajstić information content (AvgIpc) is 2.91. The van der Waals surface area contributed by atoms with Gasteiger partial charge in [-0.1, -0.05) is 24.1 Å². The number of aromatic amines is 1. The number of hydrogen-bond donors (Lipinski definition) is 4. The van der Waals surface area contributed by atoms with E-state index in [1.165, 1.54) is 11.8 Å². The number of nitrogens with zero attached hydrogens (tertiary/aromatic N) is 1. The molecule has 1 aromatic heterocycles. The highest BCUT2D eigenvalue weighted by atomic mass is 32.5. The molecule has 0 spiro atoms. The molecule has 2 heterocycles. The molecule has 6 atom stereocenters. The van der Waals surface area contributed by atoms with E-state index in [-0.39, 0.29) is 12.7 Å². The molecule has 218 valence electrons. The van der Waals surface area contributed by atoms with Gasteiger partial charge >= 0.3 is 18.3 Å². The Morgan fingerprint density at radius 1 is 1.35 bits per heavy atom. The fourth-order valence-corrected chi connectivity index (χ4v) is 6.76. The van der Waals surface area contributed by atoms with Crippen molar-refractivity contribution in [2.45, 2.75) is 56.5 Å². The molecule has 1 aliphatic heterocycles. The second-order valence-electron chi connectivity index (χ2n) is 9.05. The fraction of sp³-hybridized carbons (Fsp3) is 0.480. The smallest absolute Gasteiger partial charge is 0.330 e. The Kier molecular flexibility index (Phi) is 11.2. The first kappa shape index (κ1) is 32.0. The first-order valence-corrected chi connectivity index (χ1v) is 16.3. The Labute approximate surface area is 240 Å². The minimum Gasteiger partial charge on any atom is -0.462 e. The summed E-state index contributed by atoms with van der Waals surface area (Å²) in [4.78, 5) is 38.9. The van der Waals surface area contributed by atoms with E-state index in [9.17, 15) is 24.6 Å². The number of aliphatic hydroxyl groups excluding tert-OH is 2. The third kappa shape index (κ3) is 7.43. The highest BCUT2D eigenvalue weighted by Gasteiger charge is 2.61. The molecular formula is C25H32N3O9PS2. The Morgan fingerprint density at radius 3 is 2.62 bits per heavy atom. The average molecular weight is 614 g/mol. The molecule has 0 saturated carbocycles. The van der Waals surface area contributed by atoms with Crippen LogP contribution in [0.15, 0.2) is 52.2 Å². The van der Waals surface area contributed by atoms with Gasteiger partial charge in [0, 0.05) is 12.3 Å². The van der Waals surface area contributed by atoms with Crippen LogP contribution in [-0.2, 0) is 36.3 Å². The van der Waals surface area contributed by atoms with Gasteiger partial charge in [-0.3, -0.25) is 19.1 Å². The molecular weight excluding hydrogens is 581 g/mol. The predicted molar refractivity (Wildman–Crippen MR) is 153 cm³/mol. The molecule has 1 aromatic carbocycles. The summed E-state index contributed by atoms with van der Waals surface area (Å²) in [7, 11) is 0. The Hall–Kier alpha value is -2.47. The van der Waals surface area contributed by atoms with Crippen LogP contribution in [0.25, 0.3) is 0 Å². The second-order valence-corrected chi connectivity index (χ2v) is 13.2. The van der Waals surface area contributed by atoms with Crippen molar-refractivity contribution in [3.63, 3.8) is 0 Å². The SMILES string of the molecule is C#C[C@H](O)[C@@]1(n2ccc(=O)[nH]c2=O)O[C@H](COP(=S)(N[C@@H](CCSC)C(=O)OC(C)C)Oc2ccccc2)[C@H]1O. The van der Waals surface area contributed by atoms with E-state index in [1.807, 2.05) is 11.2 Å². The molecule has 0 bridgehead atoms.